The molecule has 0 saturated heterocycles. The molecule has 6 nitrogen and oxygen atoms in total. The molecule has 1 aromatic carbocycles. The van der Waals surface area contributed by atoms with Crippen LogP contribution in [0.2, 0.25) is 0 Å². The molecule has 0 bridgehead atoms. The van der Waals surface area contributed by atoms with Gasteiger partial charge in [0.15, 0.2) is 0 Å². The molecular weight excluding hydrogens is 292 g/mol. The minimum atomic E-state index is -3.88. The van der Waals surface area contributed by atoms with Crippen LogP contribution >= 0.6 is 0 Å². The fourth-order valence-electron chi connectivity index (χ4n) is 1.41. The van der Waals surface area contributed by atoms with Crippen molar-refractivity contribution in [2.45, 2.75) is 30.7 Å². The van der Waals surface area contributed by atoms with Gasteiger partial charge in [-0.05, 0) is 32.0 Å². The highest BCUT2D eigenvalue weighted by Crippen LogP contribution is 2.14. The van der Waals surface area contributed by atoms with E-state index in [0.717, 1.165) is 0 Å². The summed E-state index contributed by atoms with van der Waals surface area (Å²) in [5, 5.41) is 8.66. The van der Waals surface area contributed by atoms with Crippen LogP contribution in [0, 0.1) is 11.8 Å². The standard InChI is InChI=1S/C14H18N2O4S/c1-14(2,13(15)18)16-21(19,20)12-8-5-7-11(10-12)6-3-4-9-17/h5,7-8,10,16-17H,4,9H2,1-2H3,(H2,15,18). The molecule has 0 atom stereocenters. The molecule has 0 heterocycles. The van der Waals surface area contributed by atoms with Crippen LogP contribution in [-0.4, -0.2) is 31.6 Å². The maximum Gasteiger partial charge on any atom is 0.241 e. The van der Waals surface area contributed by atoms with Crippen LogP contribution < -0.4 is 10.5 Å². The van der Waals surface area contributed by atoms with Gasteiger partial charge in [0.1, 0.15) is 5.54 Å². The van der Waals surface area contributed by atoms with Crippen molar-refractivity contribution in [1.82, 2.24) is 4.72 Å². The Bertz CT molecular complexity index is 684. The molecule has 7 heteroatoms. The monoisotopic (exact) mass is 310 g/mol. The van der Waals surface area contributed by atoms with Gasteiger partial charge >= 0.3 is 0 Å². The Kier molecular flexibility index (Phi) is 5.49. The lowest BCUT2D eigenvalue weighted by molar-refractivity contribution is -0.122. The summed E-state index contributed by atoms with van der Waals surface area (Å²) in [6, 6.07) is 6.00. The Labute approximate surface area is 124 Å². The van der Waals surface area contributed by atoms with Gasteiger partial charge in [-0.25, -0.2) is 8.42 Å². The van der Waals surface area contributed by atoms with E-state index in [1.165, 1.54) is 26.0 Å². The SMILES string of the molecule is CC(C)(NS(=O)(=O)c1cccc(C#CCCO)c1)C(N)=O. The first kappa shape index (κ1) is 17.2. The molecule has 114 valence electrons. The van der Waals surface area contributed by atoms with Crippen molar-refractivity contribution < 1.29 is 18.3 Å². The first-order valence-electron chi connectivity index (χ1n) is 6.23. The van der Waals surface area contributed by atoms with E-state index in [1.807, 2.05) is 0 Å². The summed E-state index contributed by atoms with van der Waals surface area (Å²) in [5.41, 5.74) is 4.27. The highest BCUT2D eigenvalue weighted by Gasteiger charge is 2.31. The van der Waals surface area contributed by atoms with Crippen LogP contribution in [0.1, 0.15) is 25.8 Å². The Balaban J connectivity index is 3.08. The number of nitrogens with two attached hydrogens (primary N) is 1. The first-order valence-corrected chi connectivity index (χ1v) is 7.71. The molecule has 0 aromatic heterocycles. The van der Waals surface area contributed by atoms with Crippen molar-refractivity contribution in [3.8, 4) is 11.8 Å². The molecule has 21 heavy (non-hydrogen) atoms. The average molecular weight is 310 g/mol. The first-order chi connectivity index (χ1) is 9.69. The highest BCUT2D eigenvalue weighted by molar-refractivity contribution is 7.89. The highest BCUT2D eigenvalue weighted by atomic mass is 32.2. The fraction of sp³-hybridized carbons (Fsp3) is 0.357. The summed E-state index contributed by atoms with van der Waals surface area (Å²) < 4.78 is 26.7. The summed E-state index contributed by atoms with van der Waals surface area (Å²) in [7, 11) is -3.88. The number of benzene rings is 1. The van der Waals surface area contributed by atoms with Gasteiger partial charge in [0.2, 0.25) is 15.9 Å². The molecule has 1 amide bonds. The van der Waals surface area contributed by atoms with Crippen molar-refractivity contribution in [3.63, 3.8) is 0 Å². The fourth-order valence-corrected chi connectivity index (χ4v) is 2.84. The number of hydrogen-bond donors (Lipinski definition) is 3. The normalized spacial score (nSPS) is 11.6. The zero-order valence-corrected chi connectivity index (χ0v) is 12.7. The molecule has 0 aliphatic rings. The van der Waals surface area contributed by atoms with Crippen LogP contribution in [0.4, 0.5) is 0 Å². The number of carbonyl (C=O) groups excluding carboxylic acids is 1. The molecule has 0 spiro atoms. The van der Waals surface area contributed by atoms with Gasteiger partial charge in [-0.1, -0.05) is 17.9 Å². The number of rotatable bonds is 5. The summed E-state index contributed by atoms with van der Waals surface area (Å²) in [5.74, 6) is 4.68. The van der Waals surface area contributed by atoms with E-state index in [4.69, 9.17) is 10.8 Å². The van der Waals surface area contributed by atoms with Crippen LogP contribution in [0.25, 0.3) is 0 Å². The Hall–Kier alpha value is -1.88. The second-order valence-corrected chi connectivity index (χ2v) is 6.58. The summed E-state index contributed by atoms with van der Waals surface area (Å²) in [4.78, 5) is 11.2. The van der Waals surface area contributed by atoms with Gasteiger partial charge in [-0.15, -0.1) is 0 Å². The van der Waals surface area contributed by atoms with E-state index in [0.29, 0.717) is 12.0 Å². The molecule has 1 rings (SSSR count). The molecule has 0 unspecified atom stereocenters. The number of hydrogen-bond acceptors (Lipinski definition) is 4. The molecule has 0 fully saturated rings. The summed E-state index contributed by atoms with van der Waals surface area (Å²) in [6.45, 7) is 2.72. The van der Waals surface area contributed by atoms with E-state index in [2.05, 4.69) is 16.6 Å². The van der Waals surface area contributed by atoms with Crippen LogP contribution in [-0.2, 0) is 14.8 Å². The number of primary amides is 1. The van der Waals surface area contributed by atoms with Crippen molar-refractivity contribution in [1.29, 1.82) is 0 Å². The van der Waals surface area contributed by atoms with E-state index in [1.54, 1.807) is 12.1 Å². The number of aliphatic hydroxyl groups excluding tert-OH is 1. The predicted molar refractivity (Wildman–Crippen MR) is 78.6 cm³/mol. The third kappa shape index (κ3) is 4.86. The second-order valence-electron chi connectivity index (χ2n) is 4.90. The quantitative estimate of drug-likeness (QED) is 0.663. The van der Waals surface area contributed by atoms with Crippen molar-refractivity contribution in [3.05, 3.63) is 29.8 Å². The van der Waals surface area contributed by atoms with Crippen molar-refractivity contribution >= 4 is 15.9 Å². The second kappa shape index (κ2) is 6.72. The lowest BCUT2D eigenvalue weighted by Crippen LogP contribution is -2.52. The van der Waals surface area contributed by atoms with E-state index >= 15 is 0 Å². The topological polar surface area (TPSA) is 109 Å². The van der Waals surface area contributed by atoms with Crippen LogP contribution in [0.3, 0.4) is 0 Å². The van der Waals surface area contributed by atoms with Gasteiger partial charge in [0, 0.05) is 12.0 Å². The van der Waals surface area contributed by atoms with Gasteiger partial charge in [0.05, 0.1) is 11.5 Å². The van der Waals surface area contributed by atoms with Gasteiger partial charge in [0.25, 0.3) is 0 Å². The van der Waals surface area contributed by atoms with Gasteiger partial charge < -0.3 is 10.8 Å². The van der Waals surface area contributed by atoms with E-state index < -0.39 is 21.5 Å². The number of amides is 1. The lowest BCUT2D eigenvalue weighted by Gasteiger charge is -2.22. The number of nitrogens with one attached hydrogen (secondary N) is 1. The maximum atomic E-state index is 12.2. The lowest BCUT2D eigenvalue weighted by atomic mass is 10.1. The molecule has 4 N–H and O–H groups in total. The Morgan fingerprint density at radius 1 is 1.43 bits per heavy atom. The number of sulfonamides is 1. The molecule has 0 aliphatic heterocycles. The third-order valence-corrected chi connectivity index (χ3v) is 4.27. The number of aliphatic hydroxyl groups is 1. The van der Waals surface area contributed by atoms with Crippen LogP contribution in [0.15, 0.2) is 29.2 Å². The predicted octanol–water partition coefficient (Wildman–Crippen LogP) is -0.0373. The van der Waals surface area contributed by atoms with E-state index in [9.17, 15) is 13.2 Å². The Morgan fingerprint density at radius 2 is 2.10 bits per heavy atom. The molecule has 1 aromatic rings. The molecule has 0 radical (unpaired) electrons. The zero-order chi connectivity index (χ0) is 16.1. The minimum Gasteiger partial charge on any atom is -0.395 e. The maximum absolute atomic E-state index is 12.2. The summed E-state index contributed by atoms with van der Waals surface area (Å²) in [6.07, 6.45) is 0.309. The van der Waals surface area contributed by atoms with Crippen molar-refractivity contribution in [2.75, 3.05) is 6.61 Å². The molecule has 0 saturated carbocycles. The minimum absolute atomic E-state index is 0.00683. The van der Waals surface area contributed by atoms with Gasteiger partial charge in [-0.2, -0.15) is 4.72 Å². The van der Waals surface area contributed by atoms with Crippen LogP contribution in [0.5, 0.6) is 0 Å². The summed E-state index contributed by atoms with van der Waals surface area (Å²) >= 11 is 0. The van der Waals surface area contributed by atoms with Gasteiger partial charge in [-0.3, -0.25) is 4.79 Å². The molecular formula is C14H18N2O4S. The zero-order valence-electron chi connectivity index (χ0n) is 11.9. The Morgan fingerprint density at radius 3 is 2.67 bits per heavy atom. The van der Waals surface area contributed by atoms with E-state index in [-0.39, 0.29) is 11.5 Å². The largest absolute Gasteiger partial charge is 0.395 e. The smallest absolute Gasteiger partial charge is 0.241 e. The number of carbonyl (C=O) groups is 1. The average Bonchev–Trinajstić information content (AvgIpc) is 2.38. The van der Waals surface area contributed by atoms with Crippen molar-refractivity contribution in [2.24, 2.45) is 5.73 Å². The third-order valence-electron chi connectivity index (χ3n) is 2.62. The molecule has 0 aliphatic carbocycles.